The maximum absolute atomic E-state index is 14.6. The summed E-state index contributed by atoms with van der Waals surface area (Å²) in [6.07, 6.45) is 7.46. The van der Waals surface area contributed by atoms with Crippen LogP contribution in [0.2, 0.25) is 0 Å². The highest BCUT2D eigenvalue weighted by atomic mass is 19.2. The number of hydrogen-bond donors (Lipinski definition) is 1. The Kier molecular flexibility index (Phi) is 8.84. The van der Waals surface area contributed by atoms with Gasteiger partial charge in [-0.2, -0.15) is 0 Å². The average molecular weight is 338 g/mol. The van der Waals surface area contributed by atoms with Crippen molar-refractivity contribution in [2.75, 3.05) is 20.1 Å². The Morgan fingerprint density at radius 1 is 1.17 bits per heavy atom. The van der Waals surface area contributed by atoms with Crippen LogP contribution < -0.4 is 5.32 Å². The van der Waals surface area contributed by atoms with Crippen molar-refractivity contribution in [3.8, 4) is 0 Å². The lowest BCUT2D eigenvalue weighted by atomic mass is 9.99. The van der Waals surface area contributed by atoms with Gasteiger partial charge >= 0.3 is 0 Å². The Morgan fingerprint density at radius 2 is 1.88 bits per heavy atom. The van der Waals surface area contributed by atoms with Crippen molar-refractivity contribution in [3.63, 3.8) is 0 Å². The lowest BCUT2D eigenvalue weighted by molar-refractivity contribution is 0.275. The number of allylic oxidation sites excluding steroid dienone is 3. The van der Waals surface area contributed by atoms with Crippen LogP contribution in [0.3, 0.4) is 0 Å². The lowest BCUT2D eigenvalue weighted by Gasteiger charge is -2.28. The monoisotopic (exact) mass is 338 g/mol. The maximum Gasteiger partial charge on any atom is 0.192 e. The summed E-state index contributed by atoms with van der Waals surface area (Å²) in [6.45, 7) is 10.1. The van der Waals surface area contributed by atoms with Crippen LogP contribution in [0, 0.1) is 11.8 Å². The second-order valence-corrected chi connectivity index (χ2v) is 6.99. The Hall–Kier alpha value is -1.54. The van der Waals surface area contributed by atoms with Gasteiger partial charge in [-0.15, -0.1) is 0 Å². The summed E-state index contributed by atoms with van der Waals surface area (Å²) in [7, 11) is 1.58. The van der Waals surface area contributed by atoms with E-state index in [0.29, 0.717) is 18.4 Å². The predicted octanol–water partition coefficient (Wildman–Crippen LogP) is 5.47. The molecule has 0 bridgehead atoms. The summed E-state index contributed by atoms with van der Waals surface area (Å²) in [5.74, 6) is -0.535. The summed E-state index contributed by atoms with van der Waals surface area (Å²) >= 11 is 0. The molecular formula is C20H32F2N2. The zero-order chi connectivity index (χ0) is 18.1. The number of halogens is 2. The first-order valence-electron chi connectivity index (χ1n) is 9.06. The minimum atomic E-state index is -0.845. The van der Waals surface area contributed by atoms with E-state index in [1.54, 1.807) is 13.1 Å². The van der Waals surface area contributed by atoms with Gasteiger partial charge in [0, 0.05) is 20.1 Å². The first-order chi connectivity index (χ1) is 11.4. The topological polar surface area (TPSA) is 15.3 Å². The third-order valence-electron chi connectivity index (χ3n) is 4.20. The number of hydrogen-bond acceptors (Lipinski definition) is 2. The van der Waals surface area contributed by atoms with Crippen LogP contribution in [-0.4, -0.2) is 25.0 Å². The number of nitrogens with zero attached hydrogens (tertiary/aromatic N) is 1. The molecule has 1 N–H and O–H groups in total. The van der Waals surface area contributed by atoms with E-state index in [1.165, 1.54) is 18.9 Å². The van der Waals surface area contributed by atoms with E-state index in [9.17, 15) is 8.78 Å². The van der Waals surface area contributed by atoms with Crippen LogP contribution in [-0.2, 0) is 0 Å². The first kappa shape index (κ1) is 20.5. The van der Waals surface area contributed by atoms with Crippen LogP contribution in [0.5, 0.6) is 0 Å². The van der Waals surface area contributed by atoms with Gasteiger partial charge in [-0.1, -0.05) is 46.3 Å². The SMILES string of the molecule is CCCN(C[C@@H](C)CCCC(C)C)C1=C=CC=C(NC)C(F)=C1F. The van der Waals surface area contributed by atoms with Crippen molar-refractivity contribution in [2.24, 2.45) is 11.8 Å². The quantitative estimate of drug-likeness (QED) is 0.532. The Labute approximate surface area is 146 Å². The third-order valence-corrected chi connectivity index (χ3v) is 4.20. The zero-order valence-corrected chi connectivity index (χ0v) is 15.8. The van der Waals surface area contributed by atoms with Crippen LogP contribution in [0.1, 0.15) is 53.4 Å². The summed E-state index contributed by atoms with van der Waals surface area (Å²) in [6, 6.07) is 0. The van der Waals surface area contributed by atoms with Gasteiger partial charge in [-0.25, -0.2) is 8.78 Å². The fourth-order valence-electron chi connectivity index (χ4n) is 2.89. The van der Waals surface area contributed by atoms with E-state index in [4.69, 9.17) is 0 Å². The fraction of sp³-hybridized carbons (Fsp3) is 0.650. The molecule has 24 heavy (non-hydrogen) atoms. The standard InChI is InChI=1S/C20H32F2N2/c1-6-13-24(14-16(4)10-7-9-15(2)3)18-12-8-11-17(23-5)19(21)20(18)22/h8,11,15-16,23H,6-7,9-10,13-14H2,1-5H3/t16-/m0/s1. The predicted molar refractivity (Wildman–Crippen MR) is 97.7 cm³/mol. The molecule has 0 saturated carbocycles. The molecule has 0 radical (unpaired) electrons. The van der Waals surface area contributed by atoms with Gasteiger partial charge in [0.05, 0.1) is 5.70 Å². The van der Waals surface area contributed by atoms with E-state index in [2.05, 4.69) is 31.8 Å². The molecule has 1 aliphatic rings. The first-order valence-corrected chi connectivity index (χ1v) is 9.06. The van der Waals surface area contributed by atoms with E-state index >= 15 is 0 Å². The molecule has 0 unspecified atom stereocenters. The summed E-state index contributed by atoms with van der Waals surface area (Å²) in [5.41, 5.74) is 3.30. The second-order valence-electron chi connectivity index (χ2n) is 6.99. The molecule has 1 aliphatic carbocycles. The van der Waals surface area contributed by atoms with Crippen molar-refractivity contribution < 1.29 is 8.78 Å². The van der Waals surface area contributed by atoms with Crippen molar-refractivity contribution in [1.82, 2.24) is 10.2 Å². The van der Waals surface area contributed by atoms with Gasteiger partial charge in [-0.3, -0.25) is 0 Å². The van der Waals surface area contributed by atoms with Crippen LogP contribution in [0.15, 0.2) is 40.9 Å². The van der Waals surface area contributed by atoms with Crippen molar-refractivity contribution in [3.05, 3.63) is 40.9 Å². The van der Waals surface area contributed by atoms with E-state index in [1.807, 2.05) is 11.8 Å². The summed E-state index contributed by atoms with van der Waals surface area (Å²) < 4.78 is 28.8. The number of rotatable bonds is 10. The van der Waals surface area contributed by atoms with Gasteiger partial charge in [0.15, 0.2) is 11.7 Å². The molecular weight excluding hydrogens is 306 g/mol. The van der Waals surface area contributed by atoms with Crippen molar-refractivity contribution >= 4 is 0 Å². The maximum atomic E-state index is 14.6. The molecule has 4 heteroatoms. The second kappa shape index (κ2) is 10.4. The fourth-order valence-corrected chi connectivity index (χ4v) is 2.89. The largest absolute Gasteiger partial charge is 0.386 e. The summed E-state index contributed by atoms with van der Waals surface area (Å²) in [4.78, 5) is 1.93. The van der Waals surface area contributed by atoms with Crippen molar-refractivity contribution in [1.29, 1.82) is 0 Å². The highest BCUT2D eigenvalue weighted by Crippen LogP contribution is 2.27. The number of nitrogens with one attached hydrogen (secondary N) is 1. The molecule has 0 spiro atoms. The van der Waals surface area contributed by atoms with E-state index < -0.39 is 11.7 Å². The molecule has 0 amide bonds. The molecule has 0 fully saturated rings. The van der Waals surface area contributed by atoms with Crippen LogP contribution in [0.4, 0.5) is 8.78 Å². The molecule has 136 valence electrons. The zero-order valence-electron chi connectivity index (χ0n) is 15.8. The van der Waals surface area contributed by atoms with Crippen LogP contribution >= 0.6 is 0 Å². The van der Waals surface area contributed by atoms with Gasteiger partial charge in [0.2, 0.25) is 0 Å². The third kappa shape index (κ3) is 6.16. The molecule has 0 aromatic carbocycles. The van der Waals surface area contributed by atoms with E-state index in [0.717, 1.165) is 19.4 Å². The minimum Gasteiger partial charge on any atom is -0.386 e. The highest BCUT2D eigenvalue weighted by molar-refractivity contribution is 5.40. The Balaban J connectivity index is 2.85. The molecule has 0 aliphatic heterocycles. The Morgan fingerprint density at radius 3 is 2.46 bits per heavy atom. The molecule has 1 atom stereocenters. The van der Waals surface area contributed by atoms with E-state index in [-0.39, 0.29) is 11.4 Å². The minimum absolute atomic E-state index is 0.149. The lowest BCUT2D eigenvalue weighted by Crippen LogP contribution is -2.29. The van der Waals surface area contributed by atoms with Gasteiger partial charge < -0.3 is 10.2 Å². The number of likely N-dealkylation sites (N-methyl/N-ethyl adjacent to an activating group) is 1. The van der Waals surface area contributed by atoms with Crippen molar-refractivity contribution in [2.45, 2.75) is 53.4 Å². The normalized spacial score (nSPS) is 16.0. The van der Waals surface area contributed by atoms with Gasteiger partial charge in [0.1, 0.15) is 5.70 Å². The van der Waals surface area contributed by atoms with Gasteiger partial charge in [-0.05, 0) is 36.8 Å². The average Bonchev–Trinajstić information content (AvgIpc) is 2.66. The molecule has 0 heterocycles. The Bertz CT molecular complexity index is 526. The summed E-state index contributed by atoms with van der Waals surface area (Å²) in [5, 5.41) is 2.68. The smallest absolute Gasteiger partial charge is 0.192 e. The molecule has 1 rings (SSSR count). The molecule has 0 aromatic heterocycles. The molecule has 0 aromatic rings. The highest BCUT2D eigenvalue weighted by Gasteiger charge is 2.22. The molecule has 2 nitrogen and oxygen atoms in total. The van der Waals surface area contributed by atoms with Crippen LogP contribution in [0.25, 0.3) is 0 Å². The molecule has 0 saturated heterocycles. The van der Waals surface area contributed by atoms with Gasteiger partial charge in [0.25, 0.3) is 0 Å².